The highest BCUT2D eigenvalue weighted by Gasteiger charge is 2.28. The lowest BCUT2D eigenvalue weighted by atomic mass is 9.97. The molecule has 2 atom stereocenters. The normalized spacial score (nSPS) is 24.2. The molecule has 6 nitrogen and oxygen atoms in total. The molecule has 0 amide bonds. The summed E-state index contributed by atoms with van der Waals surface area (Å²) in [6.45, 7) is 6.25. The van der Waals surface area contributed by atoms with Gasteiger partial charge in [-0.1, -0.05) is 0 Å². The van der Waals surface area contributed by atoms with Crippen molar-refractivity contribution < 1.29 is 0 Å². The average molecular weight is 323 g/mol. The maximum Gasteiger partial charge on any atom is 0.153 e. The van der Waals surface area contributed by atoms with Gasteiger partial charge in [0, 0.05) is 49.7 Å². The first-order chi connectivity index (χ1) is 10.2. The Morgan fingerprint density at radius 3 is 2.68 bits per heavy atom. The molecule has 3 heterocycles. The van der Waals surface area contributed by atoms with Gasteiger partial charge in [-0.3, -0.25) is 10.9 Å². The van der Waals surface area contributed by atoms with Crippen molar-refractivity contribution in [2.75, 3.05) is 6.54 Å². The second-order valence-electron chi connectivity index (χ2n) is 5.63. The Labute approximate surface area is 137 Å². The molecule has 0 aromatic carbocycles. The minimum atomic E-state index is 0. The van der Waals surface area contributed by atoms with Crippen LogP contribution in [0.15, 0.2) is 36.8 Å². The van der Waals surface area contributed by atoms with E-state index in [9.17, 15) is 0 Å². The topological polar surface area (TPSA) is 66.8 Å². The van der Waals surface area contributed by atoms with E-state index in [0.29, 0.717) is 18.0 Å². The summed E-state index contributed by atoms with van der Waals surface area (Å²) in [5.41, 5.74) is 7.79. The Morgan fingerprint density at radius 1 is 1.23 bits per heavy atom. The van der Waals surface area contributed by atoms with Crippen molar-refractivity contribution in [2.24, 2.45) is 5.92 Å². The summed E-state index contributed by atoms with van der Waals surface area (Å²) in [6, 6.07) is 6.99. The Bertz CT molecular complexity index is 563. The van der Waals surface area contributed by atoms with Gasteiger partial charge >= 0.3 is 0 Å². The van der Waals surface area contributed by atoms with Gasteiger partial charge in [-0.2, -0.15) is 5.10 Å². The number of pyridine rings is 1. The molecule has 2 unspecified atom stereocenters. The Morgan fingerprint density at radius 2 is 2.00 bits per heavy atom. The molecular weight excluding hydrogens is 300 g/mol. The second-order valence-corrected chi connectivity index (χ2v) is 5.63. The summed E-state index contributed by atoms with van der Waals surface area (Å²) in [7, 11) is 0. The standard InChI is InChI=1S/C15H22N6.ClH/c1-11-14(12(2)20-19-11)10-16-9-13-4-6-17-15(8-13)21-7-3-5-18-21;/h3-8,11-12,14,16,19-20H,9-10H2,1-2H3;1H. The predicted molar refractivity (Wildman–Crippen MR) is 89.0 cm³/mol. The van der Waals surface area contributed by atoms with Crippen molar-refractivity contribution in [1.82, 2.24) is 30.9 Å². The fourth-order valence-corrected chi connectivity index (χ4v) is 2.75. The third-order valence-electron chi connectivity index (χ3n) is 4.08. The van der Waals surface area contributed by atoms with Crippen molar-refractivity contribution >= 4 is 12.4 Å². The van der Waals surface area contributed by atoms with E-state index in [1.165, 1.54) is 5.56 Å². The zero-order valence-electron chi connectivity index (χ0n) is 12.9. The summed E-state index contributed by atoms with van der Waals surface area (Å²) in [4.78, 5) is 4.34. The van der Waals surface area contributed by atoms with Crippen LogP contribution in [0.4, 0.5) is 0 Å². The molecule has 1 saturated heterocycles. The van der Waals surface area contributed by atoms with E-state index < -0.39 is 0 Å². The molecule has 3 N–H and O–H groups in total. The molecule has 0 saturated carbocycles. The van der Waals surface area contributed by atoms with Crippen molar-refractivity contribution in [1.29, 1.82) is 0 Å². The van der Waals surface area contributed by atoms with Gasteiger partial charge in [0.1, 0.15) is 0 Å². The summed E-state index contributed by atoms with van der Waals surface area (Å²) in [5.74, 6) is 1.45. The van der Waals surface area contributed by atoms with Crippen LogP contribution in [-0.2, 0) is 6.54 Å². The SMILES string of the molecule is CC1NNC(C)C1CNCc1ccnc(-n2cccn2)c1.Cl. The summed E-state index contributed by atoms with van der Waals surface area (Å²) in [5, 5.41) is 7.75. The second kappa shape index (κ2) is 7.69. The third-order valence-corrected chi connectivity index (χ3v) is 4.08. The molecule has 0 spiro atoms. The highest BCUT2D eigenvalue weighted by atomic mass is 35.5. The van der Waals surface area contributed by atoms with Crippen LogP contribution in [0.2, 0.25) is 0 Å². The number of rotatable bonds is 5. The van der Waals surface area contributed by atoms with E-state index in [2.05, 4.69) is 46.2 Å². The van der Waals surface area contributed by atoms with Crippen LogP contribution >= 0.6 is 12.4 Å². The highest BCUT2D eigenvalue weighted by molar-refractivity contribution is 5.85. The van der Waals surface area contributed by atoms with E-state index in [1.807, 2.05) is 24.5 Å². The van der Waals surface area contributed by atoms with E-state index in [4.69, 9.17) is 0 Å². The zero-order valence-corrected chi connectivity index (χ0v) is 13.7. The number of hydrazine groups is 1. The van der Waals surface area contributed by atoms with E-state index >= 15 is 0 Å². The molecule has 2 aromatic rings. The van der Waals surface area contributed by atoms with Crippen molar-refractivity contribution in [3.8, 4) is 5.82 Å². The maximum atomic E-state index is 4.34. The van der Waals surface area contributed by atoms with Crippen LogP contribution in [0.5, 0.6) is 0 Å². The minimum Gasteiger partial charge on any atom is -0.312 e. The van der Waals surface area contributed by atoms with E-state index in [-0.39, 0.29) is 12.4 Å². The quantitative estimate of drug-likeness (QED) is 0.774. The Balaban J connectivity index is 0.00000176. The van der Waals surface area contributed by atoms with E-state index in [0.717, 1.165) is 18.9 Å². The van der Waals surface area contributed by atoms with Crippen LogP contribution in [0.25, 0.3) is 5.82 Å². The summed E-state index contributed by atoms with van der Waals surface area (Å²) in [6.07, 6.45) is 5.49. The number of halogens is 1. The molecule has 1 aliphatic rings. The van der Waals surface area contributed by atoms with Crippen LogP contribution in [-0.4, -0.2) is 33.4 Å². The lowest BCUT2D eigenvalue weighted by molar-refractivity contribution is 0.412. The van der Waals surface area contributed by atoms with Gasteiger partial charge in [-0.25, -0.2) is 9.67 Å². The van der Waals surface area contributed by atoms with Gasteiger partial charge in [0.15, 0.2) is 5.82 Å². The van der Waals surface area contributed by atoms with Gasteiger partial charge in [0.2, 0.25) is 0 Å². The number of nitrogens with zero attached hydrogens (tertiary/aromatic N) is 3. The van der Waals surface area contributed by atoms with Gasteiger partial charge < -0.3 is 5.32 Å². The van der Waals surface area contributed by atoms with Crippen LogP contribution in [0, 0.1) is 5.92 Å². The molecule has 3 rings (SSSR count). The highest BCUT2D eigenvalue weighted by Crippen LogP contribution is 2.13. The smallest absolute Gasteiger partial charge is 0.153 e. The monoisotopic (exact) mass is 322 g/mol. The Hall–Kier alpha value is -1.47. The van der Waals surface area contributed by atoms with Crippen LogP contribution in [0.1, 0.15) is 19.4 Å². The zero-order chi connectivity index (χ0) is 14.7. The Kier molecular flexibility index (Phi) is 5.90. The number of hydrogen-bond donors (Lipinski definition) is 3. The molecule has 0 radical (unpaired) electrons. The molecule has 0 aliphatic carbocycles. The number of nitrogens with one attached hydrogen (secondary N) is 3. The lowest BCUT2D eigenvalue weighted by Gasteiger charge is -2.18. The average Bonchev–Trinajstić information content (AvgIpc) is 3.13. The largest absolute Gasteiger partial charge is 0.312 e. The molecule has 1 fully saturated rings. The molecule has 0 bridgehead atoms. The van der Waals surface area contributed by atoms with Crippen LogP contribution in [0.3, 0.4) is 0 Å². The summed E-state index contributed by atoms with van der Waals surface area (Å²) >= 11 is 0. The third kappa shape index (κ3) is 3.84. The summed E-state index contributed by atoms with van der Waals surface area (Å²) < 4.78 is 1.78. The number of hydrogen-bond acceptors (Lipinski definition) is 5. The van der Waals surface area contributed by atoms with E-state index in [1.54, 1.807) is 10.9 Å². The molecule has 22 heavy (non-hydrogen) atoms. The van der Waals surface area contributed by atoms with Crippen molar-refractivity contribution in [2.45, 2.75) is 32.5 Å². The van der Waals surface area contributed by atoms with Gasteiger partial charge in [0.05, 0.1) is 0 Å². The first-order valence-electron chi connectivity index (χ1n) is 7.41. The predicted octanol–water partition coefficient (Wildman–Crippen LogP) is 1.28. The van der Waals surface area contributed by atoms with Crippen LogP contribution < -0.4 is 16.2 Å². The van der Waals surface area contributed by atoms with Gasteiger partial charge in [-0.15, -0.1) is 12.4 Å². The molecule has 120 valence electrons. The lowest BCUT2D eigenvalue weighted by Crippen LogP contribution is -2.33. The first kappa shape index (κ1) is 16.9. The van der Waals surface area contributed by atoms with Gasteiger partial charge in [0.25, 0.3) is 0 Å². The fourth-order valence-electron chi connectivity index (χ4n) is 2.75. The molecular formula is C15H23ClN6. The van der Waals surface area contributed by atoms with Crippen molar-refractivity contribution in [3.05, 3.63) is 42.4 Å². The van der Waals surface area contributed by atoms with Crippen molar-refractivity contribution in [3.63, 3.8) is 0 Å². The number of aromatic nitrogens is 3. The minimum absolute atomic E-state index is 0. The molecule has 2 aromatic heterocycles. The molecule has 7 heteroatoms. The fraction of sp³-hybridized carbons (Fsp3) is 0.467. The van der Waals surface area contributed by atoms with Gasteiger partial charge in [-0.05, 0) is 37.6 Å². The first-order valence-corrected chi connectivity index (χ1v) is 7.41. The molecule has 1 aliphatic heterocycles. The maximum absolute atomic E-state index is 4.34.